The lowest BCUT2D eigenvalue weighted by molar-refractivity contribution is 0.102. The van der Waals surface area contributed by atoms with Crippen LogP contribution in [0.3, 0.4) is 0 Å². The van der Waals surface area contributed by atoms with Gasteiger partial charge in [0.15, 0.2) is 0 Å². The number of allylic oxidation sites excluding steroid dienone is 2. The van der Waals surface area contributed by atoms with Crippen LogP contribution in [0.4, 0.5) is 16.4 Å². The highest BCUT2D eigenvalue weighted by molar-refractivity contribution is 6.03. The molecule has 0 bridgehead atoms. The second-order valence-corrected chi connectivity index (χ2v) is 11.1. The van der Waals surface area contributed by atoms with Crippen LogP contribution in [0.25, 0.3) is 16.7 Å². The predicted molar refractivity (Wildman–Crippen MR) is 176 cm³/mol. The van der Waals surface area contributed by atoms with Gasteiger partial charge in [-0.05, 0) is 95.5 Å². The summed E-state index contributed by atoms with van der Waals surface area (Å²) in [6, 6.07) is 33.3. The Morgan fingerprint density at radius 3 is 2.33 bits per heavy atom. The highest BCUT2D eigenvalue weighted by Gasteiger charge is 2.21. The van der Waals surface area contributed by atoms with Crippen LogP contribution in [0.5, 0.6) is 0 Å². The van der Waals surface area contributed by atoms with E-state index in [-0.39, 0.29) is 23.9 Å². The zero-order chi connectivity index (χ0) is 31.0. The summed E-state index contributed by atoms with van der Waals surface area (Å²) in [7, 11) is 0. The van der Waals surface area contributed by atoms with Crippen molar-refractivity contribution in [2.45, 2.75) is 45.2 Å². The van der Waals surface area contributed by atoms with Gasteiger partial charge in [0.1, 0.15) is 0 Å². The van der Waals surface area contributed by atoms with Crippen molar-refractivity contribution < 1.29 is 9.59 Å². The molecule has 1 heterocycles. The molecule has 9 nitrogen and oxygen atoms in total. The van der Waals surface area contributed by atoms with Crippen LogP contribution in [-0.4, -0.2) is 32.6 Å². The van der Waals surface area contributed by atoms with Crippen molar-refractivity contribution in [3.63, 3.8) is 0 Å². The third-order valence-electron chi connectivity index (χ3n) is 8.07. The van der Waals surface area contributed by atoms with E-state index in [9.17, 15) is 9.59 Å². The summed E-state index contributed by atoms with van der Waals surface area (Å²) >= 11 is 0. The van der Waals surface area contributed by atoms with Crippen molar-refractivity contribution >= 4 is 29.1 Å². The molecule has 1 unspecified atom stereocenters. The first-order valence-electron chi connectivity index (χ1n) is 15.2. The summed E-state index contributed by atoms with van der Waals surface area (Å²) < 4.78 is 0. The number of aromatic amines is 1. The minimum Gasteiger partial charge on any atom is -0.331 e. The first-order valence-corrected chi connectivity index (χ1v) is 15.2. The van der Waals surface area contributed by atoms with Crippen molar-refractivity contribution in [3.05, 3.63) is 131 Å². The van der Waals surface area contributed by atoms with E-state index in [0.29, 0.717) is 12.1 Å². The Kier molecular flexibility index (Phi) is 9.06. The maximum atomic E-state index is 14.0. The molecule has 0 saturated carbocycles. The van der Waals surface area contributed by atoms with E-state index in [4.69, 9.17) is 0 Å². The molecule has 6 rings (SSSR count). The van der Waals surface area contributed by atoms with E-state index >= 15 is 0 Å². The van der Waals surface area contributed by atoms with Gasteiger partial charge in [-0.1, -0.05) is 90.0 Å². The Morgan fingerprint density at radius 1 is 0.867 bits per heavy atom. The number of hydrogen-bond donors (Lipinski definition) is 3. The third kappa shape index (κ3) is 7.15. The molecular formula is C36H35N7O2. The number of nitrogens with zero attached hydrogens (tertiary/aromatic N) is 4. The van der Waals surface area contributed by atoms with E-state index in [1.54, 1.807) is 17.0 Å². The maximum Gasteiger partial charge on any atom is 0.322 e. The minimum atomic E-state index is -0.351. The number of hydrogen-bond acceptors (Lipinski definition) is 5. The van der Waals surface area contributed by atoms with E-state index < -0.39 is 0 Å². The molecule has 3 N–H and O–H groups in total. The maximum absolute atomic E-state index is 14.0. The molecule has 0 aliphatic heterocycles. The van der Waals surface area contributed by atoms with Gasteiger partial charge in [0.25, 0.3) is 11.9 Å². The van der Waals surface area contributed by atoms with E-state index in [2.05, 4.69) is 73.7 Å². The number of amides is 3. The molecule has 1 aliphatic carbocycles. The van der Waals surface area contributed by atoms with E-state index in [0.717, 1.165) is 40.8 Å². The number of nitrogens with one attached hydrogen (secondary N) is 3. The Labute approximate surface area is 262 Å². The molecule has 1 atom stereocenters. The fourth-order valence-corrected chi connectivity index (χ4v) is 5.66. The molecule has 0 saturated heterocycles. The topological polar surface area (TPSA) is 116 Å². The summed E-state index contributed by atoms with van der Waals surface area (Å²) in [6.07, 6.45) is 6.95. The summed E-state index contributed by atoms with van der Waals surface area (Å²) in [5.41, 5.74) is 7.88. The van der Waals surface area contributed by atoms with Gasteiger partial charge in [-0.2, -0.15) is 5.21 Å². The fraction of sp³-hybridized carbons (Fsp3) is 0.194. The van der Waals surface area contributed by atoms with Gasteiger partial charge in [-0.15, -0.1) is 5.10 Å². The molecule has 1 aliphatic rings. The Balaban J connectivity index is 1.24. The minimum absolute atomic E-state index is 0.0994. The molecule has 0 radical (unpaired) electrons. The summed E-state index contributed by atoms with van der Waals surface area (Å²) in [4.78, 5) is 28.4. The van der Waals surface area contributed by atoms with Crippen LogP contribution in [0.2, 0.25) is 0 Å². The number of carbonyl (C=O) groups excluding carboxylic acids is 2. The average Bonchev–Trinajstić information content (AvgIpc) is 3.61. The van der Waals surface area contributed by atoms with Crippen LogP contribution in [0.15, 0.2) is 109 Å². The molecule has 0 spiro atoms. The summed E-state index contributed by atoms with van der Waals surface area (Å²) in [5, 5.41) is 19.1. The number of tetrazole rings is 1. The largest absolute Gasteiger partial charge is 0.331 e. The zero-order valence-corrected chi connectivity index (χ0v) is 25.1. The molecule has 1 aromatic heterocycles. The first-order chi connectivity index (χ1) is 22.0. The van der Waals surface area contributed by atoms with Crippen molar-refractivity contribution in [2.75, 3.05) is 10.2 Å². The normalized spacial score (nSPS) is 13.4. The van der Waals surface area contributed by atoms with E-state index in [1.807, 2.05) is 61.5 Å². The highest BCUT2D eigenvalue weighted by Crippen LogP contribution is 2.30. The lowest BCUT2D eigenvalue weighted by Gasteiger charge is -2.27. The SMILES string of the molecule is CC(NC(=O)N(Cc1ccc(C(=O)Nc2nn[nH]n2)cc1)c1ccc(C2=CCCCC2)cc1)c1ccccc1-c1ccccc1. The Bertz CT molecular complexity index is 1770. The second kappa shape index (κ2) is 13.8. The van der Waals surface area contributed by atoms with Crippen LogP contribution in [0, 0.1) is 0 Å². The van der Waals surface area contributed by atoms with Crippen LogP contribution >= 0.6 is 0 Å². The smallest absolute Gasteiger partial charge is 0.322 e. The van der Waals surface area contributed by atoms with Gasteiger partial charge in [0.2, 0.25) is 0 Å². The molecular weight excluding hydrogens is 562 g/mol. The van der Waals surface area contributed by atoms with Gasteiger partial charge in [0, 0.05) is 11.3 Å². The molecule has 226 valence electrons. The second-order valence-electron chi connectivity index (χ2n) is 11.1. The number of aromatic nitrogens is 4. The predicted octanol–water partition coefficient (Wildman–Crippen LogP) is 7.55. The van der Waals surface area contributed by atoms with Crippen molar-refractivity contribution in [1.29, 1.82) is 0 Å². The molecule has 0 fully saturated rings. The van der Waals surface area contributed by atoms with Gasteiger partial charge >= 0.3 is 6.03 Å². The van der Waals surface area contributed by atoms with Gasteiger partial charge in [-0.3, -0.25) is 15.0 Å². The first kappa shape index (κ1) is 29.5. The molecule has 5 aromatic rings. The van der Waals surface area contributed by atoms with Crippen LogP contribution < -0.4 is 15.5 Å². The summed E-state index contributed by atoms with van der Waals surface area (Å²) in [6.45, 7) is 2.32. The van der Waals surface area contributed by atoms with Crippen LogP contribution in [-0.2, 0) is 6.54 Å². The van der Waals surface area contributed by atoms with Gasteiger partial charge in [-0.25, -0.2) is 4.79 Å². The molecule has 45 heavy (non-hydrogen) atoms. The number of rotatable bonds is 9. The molecule has 4 aromatic carbocycles. The van der Waals surface area contributed by atoms with Crippen molar-refractivity contribution in [1.82, 2.24) is 25.9 Å². The number of anilines is 2. The zero-order valence-electron chi connectivity index (χ0n) is 25.1. The van der Waals surface area contributed by atoms with Gasteiger partial charge < -0.3 is 5.32 Å². The summed E-state index contributed by atoms with van der Waals surface area (Å²) in [5.74, 6) is -0.252. The number of benzene rings is 4. The van der Waals surface area contributed by atoms with Crippen molar-refractivity contribution in [2.24, 2.45) is 0 Å². The number of H-pyrrole nitrogens is 1. The number of urea groups is 1. The monoisotopic (exact) mass is 597 g/mol. The quantitative estimate of drug-likeness (QED) is 0.162. The third-order valence-corrected chi connectivity index (χ3v) is 8.07. The average molecular weight is 598 g/mol. The van der Waals surface area contributed by atoms with E-state index in [1.165, 1.54) is 24.0 Å². The molecule has 3 amide bonds. The number of carbonyl (C=O) groups is 2. The lowest BCUT2D eigenvalue weighted by Crippen LogP contribution is -2.41. The fourth-order valence-electron chi connectivity index (χ4n) is 5.66. The Hall–Kier alpha value is -5.57. The van der Waals surface area contributed by atoms with Gasteiger partial charge in [0.05, 0.1) is 12.6 Å². The highest BCUT2D eigenvalue weighted by atomic mass is 16.2. The van der Waals surface area contributed by atoms with Crippen LogP contribution in [0.1, 0.15) is 65.7 Å². The Morgan fingerprint density at radius 2 is 1.62 bits per heavy atom. The standard InChI is InChI=1S/C36H35N7O2/c1-25(32-14-8-9-15-33(32)29-12-6-3-7-13-29)37-36(45)43(31-22-20-28(21-23-31)27-10-4-2-5-11-27)24-26-16-18-30(19-17-26)34(44)38-35-39-41-42-40-35/h3,6-10,12-23,25H,2,4-5,11,24H2,1H3,(H,37,45)(H2,38,39,40,41,42,44). The van der Waals surface area contributed by atoms with Crippen molar-refractivity contribution in [3.8, 4) is 11.1 Å². The molecule has 9 heteroatoms. The lowest BCUT2D eigenvalue weighted by atomic mass is 9.93.